The molecule has 1 rings (SSSR count). The van der Waals surface area contributed by atoms with Gasteiger partial charge >= 0.3 is 0 Å². The molecule has 130 valence electrons. The molecule has 0 aliphatic carbocycles. The molecule has 0 radical (unpaired) electrons. The second-order valence-electron chi connectivity index (χ2n) is 8.67. The number of nitrogens with zero attached hydrogens (tertiary/aromatic N) is 1. The first kappa shape index (κ1) is 19.4. The van der Waals surface area contributed by atoms with Gasteiger partial charge in [-0.15, -0.1) is 0 Å². The summed E-state index contributed by atoms with van der Waals surface area (Å²) >= 11 is 0. The van der Waals surface area contributed by atoms with Crippen LogP contribution in [0.2, 0.25) is 0 Å². The lowest BCUT2D eigenvalue weighted by Gasteiger charge is -2.49. The molecule has 0 aromatic heterocycles. The number of hydrogen-bond acceptors (Lipinski definition) is 3. The van der Waals surface area contributed by atoms with Crippen LogP contribution in [-0.2, 0) is 4.79 Å². The average Bonchev–Trinajstić information content (AvgIpc) is 2.33. The Balaban J connectivity index is 2.57. The van der Waals surface area contributed by atoms with Crippen molar-refractivity contribution in [2.24, 2.45) is 0 Å². The summed E-state index contributed by atoms with van der Waals surface area (Å²) in [5.74, 6) is 0.202. The fourth-order valence-electron chi connectivity index (χ4n) is 3.52. The quantitative estimate of drug-likeness (QED) is 0.678. The first-order valence-electron chi connectivity index (χ1n) is 8.83. The number of carbonyl (C=O) groups is 1. The van der Waals surface area contributed by atoms with Crippen molar-refractivity contribution >= 4 is 5.91 Å². The Morgan fingerprint density at radius 1 is 1.18 bits per heavy atom. The Morgan fingerprint density at radius 3 is 2.41 bits per heavy atom. The van der Waals surface area contributed by atoms with Crippen molar-refractivity contribution in [1.82, 2.24) is 15.5 Å². The minimum Gasteiger partial charge on any atom is -0.337 e. The topological polar surface area (TPSA) is 44.4 Å². The largest absolute Gasteiger partial charge is 0.337 e. The van der Waals surface area contributed by atoms with E-state index in [0.29, 0.717) is 0 Å². The molecule has 0 aromatic carbocycles. The van der Waals surface area contributed by atoms with E-state index in [2.05, 4.69) is 45.3 Å². The fourth-order valence-corrected chi connectivity index (χ4v) is 3.52. The van der Waals surface area contributed by atoms with Gasteiger partial charge in [-0.3, -0.25) is 10.1 Å². The Labute approximate surface area is 137 Å². The monoisotopic (exact) mass is 311 g/mol. The lowest BCUT2D eigenvalue weighted by atomic mass is 9.89. The number of carbonyl (C=O) groups excluding carboxylic acids is 1. The highest BCUT2D eigenvalue weighted by Crippen LogP contribution is 2.23. The second kappa shape index (κ2) is 7.31. The van der Waals surface area contributed by atoms with Crippen LogP contribution in [0.25, 0.3) is 0 Å². The summed E-state index contributed by atoms with van der Waals surface area (Å²) in [7, 11) is 0. The highest BCUT2D eigenvalue weighted by molar-refractivity contribution is 5.86. The third-order valence-corrected chi connectivity index (χ3v) is 4.28. The van der Waals surface area contributed by atoms with Gasteiger partial charge < -0.3 is 10.2 Å². The van der Waals surface area contributed by atoms with E-state index in [9.17, 15) is 4.79 Å². The molecule has 1 saturated heterocycles. The van der Waals surface area contributed by atoms with Crippen LogP contribution in [0.1, 0.15) is 74.1 Å². The van der Waals surface area contributed by atoms with E-state index in [1.807, 2.05) is 18.7 Å². The van der Waals surface area contributed by atoms with E-state index in [4.69, 9.17) is 0 Å². The molecular weight excluding hydrogens is 274 g/mol. The molecule has 2 N–H and O–H groups in total. The van der Waals surface area contributed by atoms with E-state index < -0.39 is 5.54 Å². The lowest BCUT2D eigenvalue weighted by Crippen LogP contribution is -2.71. The van der Waals surface area contributed by atoms with Gasteiger partial charge in [-0.2, -0.15) is 0 Å². The highest BCUT2D eigenvalue weighted by atomic mass is 16.2. The normalized spacial score (nSPS) is 21.2. The SMILES string of the molecule is CCCCCCNC(C)(C)CN1CC(C)(C)NC(C)(C)C1=O. The van der Waals surface area contributed by atoms with Crippen LogP contribution in [0.5, 0.6) is 0 Å². The summed E-state index contributed by atoms with van der Waals surface area (Å²) in [6.07, 6.45) is 5.07. The van der Waals surface area contributed by atoms with Crippen LogP contribution in [-0.4, -0.2) is 47.1 Å². The molecule has 4 nitrogen and oxygen atoms in total. The summed E-state index contributed by atoms with van der Waals surface area (Å²) in [4.78, 5) is 14.7. The van der Waals surface area contributed by atoms with Crippen LogP contribution in [0, 0.1) is 0 Å². The molecule has 0 bridgehead atoms. The van der Waals surface area contributed by atoms with Gasteiger partial charge in [-0.1, -0.05) is 26.2 Å². The zero-order valence-corrected chi connectivity index (χ0v) is 15.8. The molecule has 0 atom stereocenters. The van der Waals surface area contributed by atoms with E-state index in [1.165, 1.54) is 25.7 Å². The third kappa shape index (κ3) is 5.88. The maximum absolute atomic E-state index is 12.7. The molecule has 1 aliphatic heterocycles. The predicted octanol–water partition coefficient (Wildman–Crippen LogP) is 2.92. The van der Waals surface area contributed by atoms with Crippen LogP contribution in [0.3, 0.4) is 0 Å². The summed E-state index contributed by atoms with van der Waals surface area (Å²) in [6.45, 7) is 17.5. The van der Waals surface area contributed by atoms with Crippen molar-refractivity contribution in [2.75, 3.05) is 19.6 Å². The minimum atomic E-state index is -0.487. The number of hydrogen-bond donors (Lipinski definition) is 2. The van der Waals surface area contributed by atoms with Gasteiger partial charge in [0.25, 0.3) is 0 Å². The van der Waals surface area contributed by atoms with Crippen molar-refractivity contribution in [3.8, 4) is 0 Å². The third-order valence-electron chi connectivity index (χ3n) is 4.28. The van der Waals surface area contributed by atoms with E-state index in [0.717, 1.165) is 19.6 Å². The average molecular weight is 312 g/mol. The Bertz CT molecular complexity index is 375. The molecule has 1 heterocycles. The van der Waals surface area contributed by atoms with Gasteiger partial charge in [0.1, 0.15) is 0 Å². The van der Waals surface area contributed by atoms with Gasteiger partial charge in [-0.05, 0) is 54.5 Å². The molecule has 1 amide bonds. The molecule has 1 fully saturated rings. The zero-order valence-electron chi connectivity index (χ0n) is 15.8. The minimum absolute atomic E-state index is 0.0470. The molecule has 0 unspecified atom stereocenters. The highest BCUT2D eigenvalue weighted by Gasteiger charge is 2.44. The molecule has 0 spiro atoms. The number of piperazine rings is 1. The van der Waals surface area contributed by atoms with Crippen LogP contribution in [0.4, 0.5) is 0 Å². The number of amides is 1. The van der Waals surface area contributed by atoms with E-state index in [-0.39, 0.29) is 17.0 Å². The van der Waals surface area contributed by atoms with Crippen molar-refractivity contribution in [3.05, 3.63) is 0 Å². The first-order chi connectivity index (χ1) is 9.99. The van der Waals surface area contributed by atoms with Gasteiger partial charge in [0.15, 0.2) is 0 Å². The van der Waals surface area contributed by atoms with Crippen molar-refractivity contribution in [2.45, 2.75) is 90.8 Å². The maximum Gasteiger partial charge on any atom is 0.242 e. The number of rotatable bonds is 8. The molecule has 0 aromatic rings. The Morgan fingerprint density at radius 2 is 1.82 bits per heavy atom. The fraction of sp³-hybridized carbons (Fsp3) is 0.944. The summed E-state index contributed by atoms with van der Waals surface area (Å²) in [6, 6.07) is 0. The van der Waals surface area contributed by atoms with Gasteiger partial charge in [0.05, 0.1) is 5.54 Å². The Hall–Kier alpha value is -0.610. The van der Waals surface area contributed by atoms with Crippen LogP contribution >= 0.6 is 0 Å². The number of unbranched alkanes of at least 4 members (excludes halogenated alkanes) is 3. The molecule has 22 heavy (non-hydrogen) atoms. The molecule has 1 aliphatic rings. The molecule has 0 saturated carbocycles. The predicted molar refractivity (Wildman–Crippen MR) is 94.1 cm³/mol. The summed E-state index contributed by atoms with van der Waals surface area (Å²) in [5.41, 5.74) is -0.584. The van der Waals surface area contributed by atoms with Gasteiger partial charge in [0, 0.05) is 24.2 Å². The van der Waals surface area contributed by atoms with Gasteiger partial charge in [0.2, 0.25) is 5.91 Å². The van der Waals surface area contributed by atoms with Crippen molar-refractivity contribution < 1.29 is 4.79 Å². The van der Waals surface area contributed by atoms with Gasteiger partial charge in [-0.25, -0.2) is 0 Å². The summed E-state index contributed by atoms with van der Waals surface area (Å²) < 4.78 is 0. The number of nitrogens with one attached hydrogen (secondary N) is 2. The lowest BCUT2D eigenvalue weighted by molar-refractivity contribution is -0.144. The van der Waals surface area contributed by atoms with E-state index in [1.54, 1.807) is 0 Å². The van der Waals surface area contributed by atoms with Crippen molar-refractivity contribution in [1.29, 1.82) is 0 Å². The van der Waals surface area contributed by atoms with E-state index >= 15 is 0 Å². The summed E-state index contributed by atoms with van der Waals surface area (Å²) in [5, 5.41) is 7.08. The second-order valence-corrected chi connectivity index (χ2v) is 8.67. The van der Waals surface area contributed by atoms with Crippen LogP contribution < -0.4 is 10.6 Å². The first-order valence-corrected chi connectivity index (χ1v) is 8.83. The molecule has 4 heteroatoms. The zero-order chi connectivity index (χ0) is 17.0. The standard InChI is InChI=1S/C18H37N3O/c1-8-9-10-11-12-19-16(2,3)13-21-14-17(4,5)20-18(6,7)15(21)22/h19-20H,8-14H2,1-7H3. The Kier molecular flexibility index (Phi) is 6.46. The molecular formula is C18H37N3O. The van der Waals surface area contributed by atoms with Crippen LogP contribution in [0.15, 0.2) is 0 Å². The van der Waals surface area contributed by atoms with Crippen molar-refractivity contribution in [3.63, 3.8) is 0 Å². The maximum atomic E-state index is 12.7. The smallest absolute Gasteiger partial charge is 0.242 e.